The molecular formula is C12H23NO2. The highest BCUT2D eigenvalue weighted by molar-refractivity contribution is 4.92. The lowest BCUT2D eigenvalue weighted by Gasteiger charge is -2.46. The third-order valence-electron chi connectivity index (χ3n) is 4.05. The zero-order valence-corrected chi connectivity index (χ0v) is 9.76. The molecule has 1 N–H and O–H groups in total. The molecule has 2 aliphatic rings. The standard InChI is InChI=1S/C12H23NO2/c1-2-14-9-11-10-15-8-5-12(11)3-6-13-7-4-12/h11,13H,2-10H2,1H3/t11-/m1/s1. The summed E-state index contributed by atoms with van der Waals surface area (Å²) < 4.78 is 11.2. The van der Waals surface area contributed by atoms with Crippen molar-refractivity contribution in [3.63, 3.8) is 0 Å². The predicted octanol–water partition coefficient (Wildman–Crippen LogP) is 1.43. The molecule has 2 heterocycles. The molecule has 1 spiro atoms. The van der Waals surface area contributed by atoms with Crippen LogP contribution in [0, 0.1) is 11.3 Å². The van der Waals surface area contributed by atoms with Crippen LogP contribution in [0.15, 0.2) is 0 Å². The van der Waals surface area contributed by atoms with Gasteiger partial charge >= 0.3 is 0 Å². The first-order valence-corrected chi connectivity index (χ1v) is 6.23. The van der Waals surface area contributed by atoms with Crippen LogP contribution in [-0.4, -0.2) is 39.5 Å². The highest BCUT2D eigenvalue weighted by Gasteiger charge is 2.41. The Balaban J connectivity index is 1.97. The number of ether oxygens (including phenoxy) is 2. The van der Waals surface area contributed by atoms with Crippen molar-refractivity contribution < 1.29 is 9.47 Å². The molecule has 0 aromatic rings. The third kappa shape index (κ3) is 2.52. The molecule has 15 heavy (non-hydrogen) atoms. The molecule has 0 aliphatic carbocycles. The number of rotatable bonds is 3. The molecule has 2 rings (SSSR count). The Morgan fingerprint density at radius 3 is 2.87 bits per heavy atom. The summed E-state index contributed by atoms with van der Waals surface area (Å²) in [6, 6.07) is 0. The number of nitrogens with one attached hydrogen (secondary N) is 1. The first-order chi connectivity index (χ1) is 7.37. The van der Waals surface area contributed by atoms with Gasteiger partial charge in [0.25, 0.3) is 0 Å². The molecule has 1 atom stereocenters. The minimum atomic E-state index is 0.513. The summed E-state index contributed by atoms with van der Waals surface area (Å²) in [6.07, 6.45) is 3.83. The van der Waals surface area contributed by atoms with E-state index in [-0.39, 0.29) is 0 Å². The molecular weight excluding hydrogens is 190 g/mol. The van der Waals surface area contributed by atoms with E-state index in [0.717, 1.165) is 26.4 Å². The molecule has 0 aromatic heterocycles. The second-order valence-corrected chi connectivity index (χ2v) is 4.79. The Hall–Kier alpha value is -0.120. The molecule has 3 heteroatoms. The van der Waals surface area contributed by atoms with E-state index in [1.54, 1.807) is 0 Å². The summed E-state index contributed by atoms with van der Waals surface area (Å²) >= 11 is 0. The Morgan fingerprint density at radius 1 is 1.33 bits per heavy atom. The van der Waals surface area contributed by atoms with Crippen molar-refractivity contribution in [1.82, 2.24) is 5.32 Å². The average Bonchev–Trinajstić information content (AvgIpc) is 2.29. The lowest BCUT2D eigenvalue weighted by Crippen LogP contribution is -2.48. The zero-order valence-electron chi connectivity index (χ0n) is 9.76. The van der Waals surface area contributed by atoms with E-state index in [4.69, 9.17) is 9.47 Å². The van der Waals surface area contributed by atoms with E-state index in [9.17, 15) is 0 Å². The molecule has 0 amide bonds. The van der Waals surface area contributed by atoms with Crippen LogP contribution in [0.2, 0.25) is 0 Å². The first kappa shape index (κ1) is 11.4. The fourth-order valence-corrected chi connectivity index (χ4v) is 2.95. The SMILES string of the molecule is CCOC[C@@H]1COCCC12CCNCC2. The van der Waals surface area contributed by atoms with Crippen LogP contribution in [-0.2, 0) is 9.47 Å². The van der Waals surface area contributed by atoms with Crippen molar-refractivity contribution in [2.45, 2.75) is 26.2 Å². The predicted molar refractivity (Wildman–Crippen MR) is 60.0 cm³/mol. The van der Waals surface area contributed by atoms with Crippen molar-refractivity contribution in [2.24, 2.45) is 11.3 Å². The summed E-state index contributed by atoms with van der Waals surface area (Å²) in [7, 11) is 0. The zero-order chi connectivity index (χ0) is 10.6. The van der Waals surface area contributed by atoms with Crippen molar-refractivity contribution in [1.29, 1.82) is 0 Å². The number of piperidine rings is 1. The Morgan fingerprint density at radius 2 is 2.13 bits per heavy atom. The summed E-state index contributed by atoms with van der Waals surface area (Å²) in [4.78, 5) is 0. The second-order valence-electron chi connectivity index (χ2n) is 4.79. The second kappa shape index (κ2) is 5.28. The van der Waals surface area contributed by atoms with Gasteiger partial charge in [0.15, 0.2) is 0 Å². The minimum absolute atomic E-state index is 0.513. The summed E-state index contributed by atoms with van der Waals surface area (Å²) in [5, 5.41) is 3.45. The van der Waals surface area contributed by atoms with Gasteiger partial charge in [0.1, 0.15) is 0 Å². The molecule has 2 aliphatic heterocycles. The van der Waals surface area contributed by atoms with Crippen molar-refractivity contribution >= 4 is 0 Å². The van der Waals surface area contributed by atoms with E-state index in [0.29, 0.717) is 11.3 Å². The van der Waals surface area contributed by atoms with Crippen molar-refractivity contribution in [3.05, 3.63) is 0 Å². The highest BCUT2D eigenvalue weighted by atomic mass is 16.5. The quantitative estimate of drug-likeness (QED) is 0.769. The summed E-state index contributed by atoms with van der Waals surface area (Å²) in [5.74, 6) is 0.619. The van der Waals surface area contributed by atoms with Gasteiger partial charge in [-0.3, -0.25) is 0 Å². The fraction of sp³-hybridized carbons (Fsp3) is 1.00. The van der Waals surface area contributed by atoms with E-state index in [1.807, 2.05) is 0 Å². The van der Waals surface area contributed by atoms with Crippen LogP contribution in [0.25, 0.3) is 0 Å². The maximum absolute atomic E-state index is 5.61. The van der Waals surface area contributed by atoms with E-state index < -0.39 is 0 Å². The minimum Gasteiger partial charge on any atom is -0.381 e. The normalized spacial score (nSPS) is 30.6. The molecule has 3 nitrogen and oxygen atoms in total. The van der Waals surface area contributed by atoms with Crippen LogP contribution in [0.4, 0.5) is 0 Å². The van der Waals surface area contributed by atoms with Gasteiger partial charge in [0, 0.05) is 19.1 Å². The van der Waals surface area contributed by atoms with Gasteiger partial charge in [0.2, 0.25) is 0 Å². The van der Waals surface area contributed by atoms with Crippen molar-refractivity contribution in [2.75, 3.05) is 39.5 Å². The highest BCUT2D eigenvalue weighted by Crippen LogP contribution is 2.43. The van der Waals surface area contributed by atoms with Crippen LogP contribution in [0.1, 0.15) is 26.2 Å². The largest absolute Gasteiger partial charge is 0.381 e. The smallest absolute Gasteiger partial charge is 0.0521 e. The lowest BCUT2D eigenvalue weighted by atomic mass is 9.66. The van der Waals surface area contributed by atoms with E-state index >= 15 is 0 Å². The van der Waals surface area contributed by atoms with Crippen molar-refractivity contribution in [3.8, 4) is 0 Å². The fourth-order valence-electron chi connectivity index (χ4n) is 2.95. The molecule has 0 unspecified atom stereocenters. The Bertz CT molecular complexity index is 182. The molecule has 0 saturated carbocycles. The maximum atomic E-state index is 5.61. The van der Waals surface area contributed by atoms with Gasteiger partial charge in [0.05, 0.1) is 13.2 Å². The van der Waals surface area contributed by atoms with E-state index in [2.05, 4.69) is 12.2 Å². The monoisotopic (exact) mass is 213 g/mol. The van der Waals surface area contributed by atoms with Gasteiger partial charge in [-0.1, -0.05) is 0 Å². The molecule has 0 radical (unpaired) electrons. The number of hydrogen-bond donors (Lipinski definition) is 1. The summed E-state index contributed by atoms with van der Waals surface area (Å²) in [6.45, 7) is 7.97. The summed E-state index contributed by atoms with van der Waals surface area (Å²) in [5.41, 5.74) is 0.513. The molecule has 0 aromatic carbocycles. The Kier molecular flexibility index (Phi) is 4.00. The Labute approximate surface area is 92.5 Å². The van der Waals surface area contributed by atoms with Crippen LogP contribution in [0.3, 0.4) is 0 Å². The average molecular weight is 213 g/mol. The van der Waals surface area contributed by atoms with E-state index in [1.165, 1.54) is 32.4 Å². The topological polar surface area (TPSA) is 30.5 Å². The van der Waals surface area contributed by atoms with Gasteiger partial charge in [-0.15, -0.1) is 0 Å². The van der Waals surface area contributed by atoms with Gasteiger partial charge in [-0.25, -0.2) is 0 Å². The van der Waals surface area contributed by atoms with Gasteiger partial charge < -0.3 is 14.8 Å². The van der Waals surface area contributed by atoms with Crippen LogP contribution >= 0.6 is 0 Å². The first-order valence-electron chi connectivity index (χ1n) is 6.23. The van der Waals surface area contributed by atoms with Crippen LogP contribution in [0.5, 0.6) is 0 Å². The number of hydrogen-bond acceptors (Lipinski definition) is 3. The van der Waals surface area contributed by atoms with Gasteiger partial charge in [-0.2, -0.15) is 0 Å². The van der Waals surface area contributed by atoms with Gasteiger partial charge in [-0.05, 0) is 44.7 Å². The maximum Gasteiger partial charge on any atom is 0.0521 e. The third-order valence-corrected chi connectivity index (χ3v) is 4.05. The molecule has 0 bridgehead atoms. The lowest BCUT2D eigenvalue weighted by molar-refractivity contribution is -0.0870. The molecule has 88 valence electrons. The van der Waals surface area contributed by atoms with Crippen LogP contribution < -0.4 is 5.32 Å². The molecule has 2 fully saturated rings. The molecule has 2 saturated heterocycles.